The number of ether oxygens (including phenoxy) is 5. The second-order valence-corrected chi connectivity index (χ2v) is 16.9. The molecule has 0 N–H and O–H groups in total. The standard InChI is InChI=1S/C43H50N6O6/c1-8-27-10-9-11-28-14-30(54-24-51-7)15-31(36(27)28)32-16-33-37-38(46-40(45-33)53-23-43-17-25(2)19-47(43)20-26(3)18-43)48-21-29-12-13-34(35(48)22-52-39(37)44-32)49(29)41(50)55-42(4,5)6/h9-11,14-16,29,34-35H,2-3,8,12-13,17-24H2,1,4-7H3/t29-,34+,35?/m0/s1. The highest BCUT2D eigenvalue weighted by Gasteiger charge is 2.52. The molecular formula is C43H50N6O6. The summed E-state index contributed by atoms with van der Waals surface area (Å²) in [5, 5.41) is 2.87. The van der Waals surface area contributed by atoms with Gasteiger partial charge in [0, 0.05) is 32.3 Å². The number of rotatable bonds is 8. The lowest BCUT2D eigenvalue weighted by molar-refractivity contribution is 0.00538. The molecule has 1 amide bonds. The van der Waals surface area contributed by atoms with Gasteiger partial charge in [0.1, 0.15) is 35.8 Å². The van der Waals surface area contributed by atoms with Crippen LogP contribution in [0.25, 0.3) is 32.9 Å². The maximum Gasteiger partial charge on any atom is 0.410 e. The Bertz CT molecular complexity index is 2210. The number of aromatic nitrogens is 3. The van der Waals surface area contributed by atoms with Crippen LogP contribution in [-0.4, -0.2) is 107 Å². The first kappa shape index (κ1) is 35.7. The van der Waals surface area contributed by atoms with Crippen molar-refractivity contribution < 1.29 is 28.5 Å². The largest absolute Gasteiger partial charge is 0.475 e. The van der Waals surface area contributed by atoms with Crippen LogP contribution < -0.4 is 19.1 Å². The van der Waals surface area contributed by atoms with E-state index in [9.17, 15) is 4.79 Å². The van der Waals surface area contributed by atoms with Crippen molar-refractivity contribution in [2.45, 2.75) is 89.1 Å². The average molecular weight is 747 g/mol. The van der Waals surface area contributed by atoms with E-state index in [0.717, 1.165) is 72.7 Å². The minimum absolute atomic E-state index is 0.0330. The first-order valence-electron chi connectivity index (χ1n) is 19.5. The molecule has 9 rings (SSSR count). The van der Waals surface area contributed by atoms with Crippen molar-refractivity contribution in [1.29, 1.82) is 0 Å². The van der Waals surface area contributed by atoms with Gasteiger partial charge in [-0.15, -0.1) is 0 Å². The number of hydrogen-bond donors (Lipinski definition) is 0. The number of aryl methyl sites for hydroxylation is 1. The molecule has 2 aromatic heterocycles. The third-order valence-electron chi connectivity index (χ3n) is 11.8. The Labute approximate surface area is 322 Å². The van der Waals surface area contributed by atoms with Crippen molar-refractivity contribution in [3.8, 4) is 28.9 Å². The van der Waals surface area contributed by atoms with Crippen LogP contribution in [0, 0.1) is 0 Å². The van der Waals surface area contributed by atoms with Crippen LogP contribution in [0.3, 0.4) is 0 Å². The fraction of sp³-hybridized carbons (Fsp3) is 0.488. The Kier molecular flexibility index (Phi) is 8.69. The highest BCUT2D eigenvalue weighted by atomic mass is 16.7. The Morgan fingerprint density at radius 2 is 1.80 bits per heavy atom. The van der Waals surface area contributed by atoms with E-state index in [2.05, 4.69) is 48.1 Å². The maximum absolute atomic E-state index is 13.7. The van der Waals surface area contributed by atoms with Gasteiger partial charge in [-0.25, -0.2) is 9.78 Å². The SMILES string of the molecule is C=C1CN2CC(=C)CC2(COc2nc3c4c(nc(-c5cc(OCOC)cc6cccc(CC)c56)cc4n2)OCC2[C@H]4CC[C@@H](CN32)N4C(=O)OC(C)(C)C)C1. The second-order valence-electron chi connectivity index (χ2n) is 16.9. The number of piperazine rings is 1. The molecule has 12 nitrogen and oxygen atoms in total. The monoisotopic (exact) mass is 746 g/mol. The molecule has 1 unspecified atom stereocenters. The van der Waals surface area contributed by atoms with Crippen molar-refractivity contribution in [3.63, 3.8) is 0 Å². The fourth-order valence-corrected chi connectivity index (χ4v) is 9.68. The van der Waals surface area contributed by atoms with Crippen LogP contribution in [-0.2, 0) is 15.9 Å². The molecule has 0 aliphatic carbocycles. The van der Waals surface area contributed by atoms with E-state index < -0.39 is 5.60 Å². The summed E-state index contributed by atoms with van der Waals surface area (Å²) < 4.78 is 30.6. The molecule has 0 radical (unpaired) electrons. The van der Waals surface area contributed by atoms with Gasteiger partial charge in [0.15, 0.2) is 6.79 Å². The number of carbonyl (C=O) groups is 1. The number of amides is 1. The van der Waals surface area contributed by atoms with Crippen LogP contribution in [0.2, 0.25) is 0 Å². The van der Waals surface area contributed by atoms with E-state index in [-0.39, 0.29) is 36.6 Å². The lowest BCUT2D eigenvalue weighted by atomic mass is 9.92. The van der Waals surface area contributed by atoms with Crippen LogP contribution >= 0.6 is 0 Å². The summed E-state index contributed by atoms with van der Waals surface area (Å²) in [5.41, 5.74) is 5.08. The lowest BCUT2D eigenvalue weighted by Gasteiger charge is -2.46. The highest BCUT2D eigenvalue weighted by molar-refractivity contribution is 6.03. The molecule has 4 saturated heterocycles. The Hall–Kier alpha value is -4.94. The molecule has 2 aromatic carbocycles. The molecule has 5 aliphatic rings. The summed E-state index contributed by atoms with van der Waals surface area (Å²) in [4.78, 5) is 35.9. The van der Waals surface area contributed by atoms with Crippen LogP contribution in [0.4, 0.5) is 10.6 Å². The Balaban J connectivity index is 1.18. The minimum Gasteiger partial charge on any atom is -0.475 e. The summed E-state index contributed by atoms with van der Waals surface area (Å²) in [7, 11) is 1.61. The third-order valence-corrected chi connectivity index (χ3v) is 11.8. The quantitative estimate of drug-likeness (QED) is 0.136. The zero-order chi connectivity index (χ0) is 38.2. The van der Waals surface area contributed by atoms with E-state index in [1.54, 1.807) is 7.11 Å². The lowest BCUT2D eigenvalue weighted by Crippen LogP contribution is -2.63. The van der Waals surface area contributed by atoms with Crippen molar-refractivity contribution >= 4 is 33.6 Å². The zero-order valence-corrected chi connectivity index (χ0v) is 32.5. The molecule has 288 valence electrons. The normalized spacial score (nSPS) is 22.8. The molecule has 0 spiro atoms. The molecule has 7 heterocycles. The van der Waals surface area contributed by atoms with Gasteiger partial charge in [0.05, 0.1) is 34.9 Å². The number of nitrogens with zero attached hydrogens (tertiary/aromatic N) is 6. The van der Waals surface area contributed by atoms with Gasteiger partial charge >= 0.3 is 12.1 Å². The summed E-state index contributed by atoms with van der Waals surface area (Å²) in [6.45, 7) is 19.6. The van der Waals surface area contributed by atoms with E-state index in [4.69, 9.17) is 38.6 Å². The van der Waals surface area contributed by atoms with Crippen molar-refractivity contribution in [3.05, 3.63) is 66.3 Å². The van der Waals surface area contributed by atoms with E-state index in [1.165, 1.54) is 16.7 Å². The number of pyridine rings is 1. The van der Waals surface area contributed by atoms with E-state index in [0.29, 0.717) is 48.6 Å². The number of methoxy groups -OCH3 is 1. The zero-order valence-electron chi connectivity index (χ0n) is 32.5. The summed E-state index contributed by atoms with van der Waals surface area (Å²) in [6.07, 6.45) is 3.98. The first-order chi connectivity index (χ1) is 26.4. The van der Waals surface area contributed by atoms with Gasteiger partial charge in [0.2, 0.25) is 5.88 Å². The number of benzene rings is 2. The number of carbonyl (C=O) groups excluding carboxylic acids is 1. The van der Waals surface area contributed by atoms with Crippen molar-refractivity contribution in [2.75, 3.05) is 51.7 Å². The van der Waals surface area contributed by atoms with E-state index in [1.807, 2.05) is 43.9 Å². The maximum atomic E-state index is 13.7. The number of hydrogen-bond acceptors (Lipinski definition) is 11. The van der Waals surface area contributed by atoms with Crippen molar-refractivity contribution in [2.24, 2.45) is 0 Å². The molecule has 5 aliphatic heterocycles. The molecular weight excluding hydrogens is 697 g/mol. The predicted molar refractivity (Wildman–Crippen MR) is 211 cm³/mol. The van der Waals surface area contributed by atoms with Crippen molar-refractivity contribution in [1.82, 2.24) is 24.8 Å². The van der Waals surface area contributed by atoms with Gasteiger partial charge in [-0.05, 0) is 87.4 Å². The summed E-state index contributed by atoms with van der Waals surface area (Å²) >= 11 is 0. The Morgan fingerprint density at radius 3 is 2.55 bits per heavy atom. The second kappa shape index (κ2) is 13.4. The Morgan fingerprint density at radius 1 is 1.00 bits per heavy atom. The van der Waals surface area contributed by atoms with Crippen LogP contribution in [0.15, 0.2) is 60.7 Å². The van der Waals surface area contributed by atoms with Crippen LogP contribution in [0.5, 0.6) is 17.6 Å². The van der Waals surface area contributed by atoms with Gasteiger partial charge in [-0.3, -0.25) is 9.80 Å². The van der Waals surface area contributed by atoms with Gasteiger partial charge < -0.3 is 28.6 Å². The molecule has 4 aromatic rings. The molecule has 55 heavy (non-hydrogen) atoms. The van der Waals surface area contributed by atoms with Gasteiger partial charge in [0.25, 0.3) is 0 Å². The predicted octanol–water partition coefficient (Wildman–Crippen LogP) is 7.08. The third kappa shape index (κ3) is 6.23. The van der Waals surface area contributed by atoms with Gasteiger partial charge in [-0.2, -0.15) is 9.97 Å². The smallest absolute Gasteiger partial charge is 0.410 e. The molecule has 12 heteroatoms. The molecule has 4 fully saturated rings. The topological polar surface area (TPSA) is 112 Å². The van der Waals surface area contributed by atoms with Crippen LogP contribution in [0.1, 0.15) is 58.9 Å². The highest BCUT2D eigenvalue weighted by Crippen LogP contribution is 2.47. The average Bonchev–Trinajstić information content (AvgIpc) is 3.70. The molecule has 0 saturated carbocycles. The minimum atomic E-state index is -0.602. The van der Waals surface area contributed by atoms with Gasteiger partial charge in [-0.1, -0.05) is 49.4 Å². The number of fused-ring (bicyclic) bond motifs is 7. The molecule has 2 bridgehead atoms. The number of anilines is 1. The molecule has 3 atom stereocenters. The van der Waals surface area contributed by atoms with E-state index >= 15 is 0 Å². The summed E-state index contributed by atoms with van der Waals surface area (Å²) in [5.74, 6) is 1.85. The summed E-state index contributed by atoms with van der Waals surface area (Å²) in [6, 6.07) is 12.4. The fourth-order valence-electron chi connectivity index (χ4n) is 9.68. The first-order valence-corrected chi connectivity index (χ1v) is 19.5.